The Morgan fingerprint density at radius 1 is 0.846 bits per heavy atom. The third kappa shape index (κ3) is 5.03. The van der Waals surface area contributed by atoms with E-state index in [2.05, 4.69) is 100 Å². The molecule has 200 valence electrons. The Morgan fingerprint density at radius 3 is 2.21 bits per heavy atom. The molecule has 0 aliphatic heterocycles. The summed E-state index contributed by atoms with van der Waals surface area (Å²) in [7, 11) is 0.393. The minimum atomic E-state index is -1.67. The molecule has 5 aromatic rings. The Bertz CT molecular complexity index is 1700. The van der Waals surface area contributed by atoms with Gasteiger partial charge in [0.2, 0.25) is 0 Å². The van der Waals surface area contributed by atoms with Crippen LogP contribution in [0.4, 0.5) is 0 Å². The molecule has 5 rings (SSSR count). The van der Waals surface area contributed by atoms with Gasteiger partial charge in [-0.25, -0.2) is 4.98 Å². The second-order valence-electron chi connectivity index (χ2n) is 12.9. The second kappa shape index (κ2) is 9.49. The van der Waals surface area contributed by atoms with Crippen LogP contribution in [-0.2, 0) is 12.5 Å². The van der Waals surface area contributed by atoms with E-state index in [-0.39, 0.29) is 11.2 Å². The lowest BCUT2D eigenvalue weighted by molar-refractivity contribution is 0.472. The monoisotopic (exact) mass is 533 g/mol. The lowest BCUT2D eigenvalue weighted by Crippen LogP contribution is -2.37. The first kappa shape index (κ1) is 26.9. The zero-order chi connectivity index (χ0) is 28.3. The number of aromatic hydroxyl groups is 1. The van der Waals surface area contributed by atoms with Gasteiger partial charge in [0.05, 0.1) is 30.4 Å². The van der Waals surface area contributed by atoms with Gasteiger partial charge in [0, 0.05) is 24.4 Å². The lowest BCUT2D eigenvalue weighted by Gasteiger charge is -2.23. The minimum absolute atomic E-state index is 0.0325. The molecule has 0 saturated carbocycles. The smallest absolute Gasteiger partial charge is 0.144 e. The largest absolute Gasteiger partial charge is 0.507 e. The number of aryl methyl sites for hydroxylation is 3. The lowest BCUT2D eigenvalue weighted by atomic mass is 9.83. The van der Waals surface area contributed by atoms with Gasteiger partial charge in [-0.2, -0.15) is 0 Å². The van der Waals surface area contributed by atoms with Crippen LogP contribution in [0.5, 0.6) is 5.75 Å². The zero-order valence-corrected chi connectivity index (χ0v) is 25.6. The summed E-state index contributed by atoms with van der Waals surface area (Å²) in [6.07, 6.45) is 1.85. The van der Waals surface area contributed by atoms with Gasteiger partial charge >= 0.3 is 0 Å². The molecule has 0 saturated heterocycles. The summed E-state index contributed by atoms with van der Waals surface area (Å²) in [5, 5.41) is 12.4. The molecule has 4 nitrogen and oxygen atoms in total. The maximum absolute atomic E-state index is 11.0. The van der Waals surface area contributed by atoms with Crippen molar-refractivity contribution in [1.29, 1.82) is 0 Å². The minimum Gasteiger partial charge on any atom is -0.507 e. The molecule has 0 atom stereocenters. The number of phenols is 1. The van der Waals surface area contributed by atoms with Crippen molar-refractivity contribution in [2.75, 3.05) is 0 Å². The first-order valence-electron chi connectivity index (χ1n) is 13.6. The first-order chi connectivity index (χ1) is 18.2. The van der Waals surface area contributed by atoms with Gasteiger partial charge in [-0.15, -0.1) is 0 Å². The van der Waals surface area contributed by atoms with Crippen LogP contribution in [-0.4, -0.2) is 27.7 Å². The van der Waals surface area contributed by atoms with E-state index < -0.39 is 8.07 Å². The zero-order valence-electron chi connectivity index (χ0n) is 24.6. The van der Waals surface area contributed by atoms with Crippen LogP contribution < -0.4 is 5.19 Å². The Hall–Kier alpha value is -3.70. The van der Waals surface area contributed by atoms with E-state index >= 15 is 0 Å². The number of rotatable bonds is 4. The number of benzene rings is 3. The van der Waals surface area contributed by atoms with Gasteiger partial charge < -0.3 is 9.67 Å². The Balaban J connectivity index is 1.86. The Kier molecular flexibility index (Phi) is 6.54. The fraction of sp³-hybridized carbons (Fsp3) is 0.294. The summed E-state index contributed by atoms with van der Waals surface area (Å²) >= 11 is 0. The highest BCUT2D eigenvalue weighted by Crippen LogP contribution is 2.39. The Morgan fingerprint density at radius 2 is 1.56 bits per heavy atom. The van der Waals surface area contributed by atoms with Gasteiger partial charge in [0.15, 0.2) is 0 Å². The van der Waals surface area contributed by atoms with E-state index in [1.54, 1.807) is 0 Å². The highest BCUT2D eigenvalue weighted by Gasteiger charge is 2.25. The fourth-order valence-electron chi connectivity index (χ4n) is 5.21. The van der Waals surface area contributed by atoms with Gasteiger partial charge in [0.25, 0.3) is 0 Å². The first-order valence-corrected chi connectivity index (χ1v) is 17.1. The highest BCUT2D eigenvalue weighted by atomic mass is 28.3. The molecular weight excluding hydrogens is 494 g/mol. The van der Waals surface area contributed by atoms with Crippen LogP contribution in [0, 0.1) is 13.8 Å². The molecule has 0 spiro atoms. The standard InChI is InChI=1S/C34H39N3OSi/c1-21-14-22(2)32(38)28(15-21)33-36-31-27(19-26(39(7,8)9)20-30(31)37(33)6)23-16-24(29-12-10-11-13-35-29)18-25(17-23)34(3,4)5/h10-20,38H,1-9H3. The van der Waals surface area contributed by atoms with Crippen molar-refractivity contribution in [1.82, 2.24) is 14.5 Å². The van der Waals surface area contributed by atoms with Crippen LogP contribution >= 0.6 is 0 Å². The second-order valence-corrected chi connectivity index (χ2v) is 18.0. The average Bonchev–Trinajstić information content (AvgIpc) is 3.21. The fourth-order valence-corrected chi connectivity index (χ4v) is 6.36. The summed E-state index contributed by atoms with van der Waals surface area (Å²) in [4.78, 5) is 9.89. The van der Waals surface area contributed by atoms with Gasteiger partial charge in [-0.05, 0) is 77.9 Å². The number of nitrogens with zero attached hydrogens (tertiary/aromatic N) is 3. The average molecular weight is 534 g/mol. The SMILES string of the molecule is Cc1cc(C)c(O)c(-c2nc3c(-c4cc(-c5ccccn5)cc(C(C)(C)C)c4)cc([Si](C)(C)C)cc3n2C)c1. The van der Waals surface area contributed by atoms with Gasteiger partial charge in [0.1, 0.15) is 11.6 Å². The summed E-state index contributed by atoms with van der Waals surface area (Å²) in [6, 6.07) is 21.6. The maximum atomic E-state index is 11.0. The molecule has 3 aromatic carbocycles. The molecule has 1 N–H and O–H groups in total. The number of imidazole rings is 1. The summed E-state index contributed by atoms with van der Waals surface area (Å²) in [6.45, 7) is 17.9. The number of aromatic nitrogens is 3. The highest BCUT2D eigenvalue weighted by molar-refractivity contribution is 6.88. The molecule has 0 unspecified atom stereocenters. The molecule has 0 amide bonds. The molecule has 0 fully saturated rings. The van der Waals surface area contributed by atoms with Crippen molar-refractivity contribution in [2.24, 2.45) is 7.05 Å². The van der Waals surface area contributed by atoms with Crippen molar-refractivity contribution >= 4 is 24.3 Å². The summed E-state index contributed by atoms with van der Waals surface area (Å²) < 4.78 is 2.14. The molecule has 0 aliphatic carbocycles. The van der Waals surface area contributed by atoms with Crippen molar-refractivity contribution in [3.8, 4) is 39.5 Å². The quantitative estimate of drug-likeness (QED) is 0.237. The Labute approximate surface area is 233 Å². The predicted molar refractivity (Wildman–Crippen MR) is 168 cm³/mol. The van der Waals surface area contributed by atoms with Crippen LogP contribution in [0.25, 0.3) is 44.8 Å². The number of hydrogen-bond acceptors (Lipinski definition) is 3. The van der Waals surface area contributed by atoms with Gasteiger partial charge in [-0.3, -0.25) is 4.98 Å². The number of hydrogen-bond donors (Lipinski definition) is 1. The van der Waals surface area contributed by atoms with Crippen LogP contribution in [0.15, 0.2) is 66.9 Å². The van der Waals surface area contributed by atoms with Crippen molar-refractivity contribution in [3.05, 3.63) is 83.6 Å². The van der Waals surface area contributed by atoms with Crippen LogP contribution in [0.2, 0.25) is 19.6 Å². The molecule has 5 heteroatoms. The number of pyridine rings is 1. The van der Waals surface area contributed by atoms with E-state index in [9.17, 15) is 5.11 Å². The van der Waals surface area contributed by atoms with E-state index in [1.165, 1.54) is 10.8 Å². The normalized spacial score (nSPS) is 12.3. The van der Waals surface area contributed by atoms with E-state index in [1.807, 2.05) is 37.4 Å². The molecule has 0 radical (unpaired) electrons. The van der Waals surface area contributed by atoms with Gasteiger partial charge in [-0.1, -0.05) is 69.9 Å². The van der Waals surface area contributed by atoms with E-state index in [4.69, 9.17) is 4.98 Å². The van der Waals surface area contributed by atoms with E-state index in [0.717, 1.165) is 55.9 Å². The third-order valence-electron chi connectivity index (χ3n) is 7.61. The molecule has 0 bridgehead atoms. The van der Waals surface area contributed by atoms with E-state index in [0.29, 0.717) is 0 Å². The number of fused-ring (bicyclic) bond motifs is 1. The summed E-state index contributed by atoms with van der Waals surface area (Å²) in [5.74, 6) is 1.07. The van der Waals surface area contributed by atoms with Crippen molar-refractivity contribution in [2.45, 2.75) is 59.7 Å². The van der Waals surface area contributed by atoms with Crippen molar-refractivity contribution in [3.63, 3.8) is 0 Å². The van der Waals surface area contributed by atoms with Crippen LogP contribution in [0.3, 0.4) is 0 Å². The summed E-state index contributed by atoms with van der Waals surface area (Å²) in [5.41, 5.74) is 10.3. The molecule has 2 aromatic heterocycles. The third-order valence-corrected chi connectivity index (χ3v) is 9.63. The molecule has 39 heavy (non-hydrogen) atoms. The molecular formula is C34H39N3OSi. The van der Waals surface area contributed by atoms with Crippen molar-refractivity contribution < 1.29 is 5.11 Å². The predicted octanol–water partition coefficient (Wildman–Crippen LogP) is 8.13. The molecule has 0 aliphatic rings. The van der Waals surface area contributed by atoms with Crippen LogP contribution in [0.1, 0.15) is 37.5 Å². The topological polar surface area (TPSA) is 50.9 Å². The maximum Gasteiger partial charge on any atom is 0.144 e. The molecule has 2 heterocycles. The number of phenolic OH excluding ortho intramolecular Hbond substituents is 1.